The summed E-state index contributed by atoms with van der Waals surface area (Å²) >= 11 is 0. The lowest BCUT2D eigenvalue weighted by Gasteiger charge is -2.48. The summed E-state index contributed by atoms with van der Waals surface area (Å²) in [5.41, 5.74) is 1.72. The fraction of sp³-hybridized carbons (Fsp3) is 0.263. The SMILES string of the molecule is COC(=O)C(Cc1ccccc1)N1C(=O)C(O)C1c1ccccc1. The van der Waals surface area contributed by atoms with Gasteiger partial charge in [-0.3, -0.25) is 4.79 Å². The Hall–Kier alpha value is -2.66. The molecule has 2 aromatic carbocycles. The van der Waals surface area contributed by atoms with E-state index in [9.17, 15) is 14.7 Å². The second-order valence-corrected chi connectivity index (χ2v) is 5.77. The number of likely N-dealkylation sites (tertiary alicyclic amines) is 1. The number of aliphatic hydroxyl groups is 1. The molecule has 3 atom stereocenters. The molecular weight excluding hydrogens is 306 g/mol. The first kappa shape index (κ1) is 16.2. The van der Waals surface area contributed by atoms with Gasteiger partial charge in [-0.05, 0) is 11.1 Å². The van der Waals surface area contributed by atoms with Crippen LogP contribution in [0.15, 0.2) is 60.7 Å². The molecule has 5 heteroatoms. The van der Waals surface area contributed by atoms with E-state index in [2.05, 4.69) is 0 Å². The van der Waals surface area contributed by atoms with Crippen molar-refractivity contribution in [1.29, 1.82) is 0 Å². The van der Waals surface area contributed by atoms with Crippen LogP contribution in [-0.4, -0.2) is 41.1 Å². The second kappa shape index (κ2) is 6.84. The minimum Gasteiger partial charge on any atom is -0.467 e. The maximum atomic E-state index is 12.3. The summed E-state index contributed by atoms with van der Waals surface area (Å²) in [5, 5.41) is 10.1. The summed E-state index contributed by atoms with van der Waals surface area (Å²) in [7, 11) is 1.30. The number of nitrogens with zero attached hydrogens (tertiary/aromatic N) is 1. The average molecular weight is 325 g/mol. The van der Waals surface area contributed by atoms with Crippen molar-refractivity contribution >= 4 is 11.9 Å². The van der Waals surface area contributed by atoms with Crippen LogP contribution in [0.25, 0.3) is 0 Å². The summed E-state index contributed by atoms with van der Waals surface area (Å²) in [6.07, 6.45) is -0.787. The lowest BCUT2D eigenvalue weighted by Crippen LogP contribution is -2.64. The summed E-state index contributed by atoms with van der Waals surface area (Å²) < 4.78 is 4.89. The fourth-order valence-electron chi connectivity index (χ4n) is 3.10. The van der Waals surface area contributed by atoms with Crippen LogP contribution >= 0.6 is 0 Å². The van der Waals surface area contributed by atoms with E-state index in [1.807, 2.05) is 60.7 Å². The third-order valence-electron chi connectivity index (χ3n) is 4.33. The zero-order valence-corrected chi connectivity index (χ0v) is 13.3. The van der Waals surface area contributed by atoms with Gasteiger partial charge in [0.2, 0.25) is 0 Å². The monoisotopic (exact) mass is 325 g/mol. The molecule has 1 fully saturated rings. The van der Waals surface area contributed by atoms with E-state index in [-0.39, 0.29) is 0 Å². The van der Waals surface area contributed by atoms with Crippen molar-refractivity contribution in [2.45, 2.75) is 24.6 Å². The van der Waals surface area contributed by atoms with Gasteiger partial charge in [0, 0.05) is 6.42 Å². The van der Waals surface area contributed by atoms with Crippen LogP contribution in [0.5, 0.6) is 0 Å². The molecule has 0 spiro atoms. The molecule has 124 valence electrons. The largest absolute Gasteiger partial charge is 0.467 e. The number of carbonyl (C=O) groups excluding carboxylic acids is 2. The Kier molecular flexibility index (Phi) is 4.62. The van der Waals surface area contributed by atoms with Gasteiger partial charge >= 0.3 is 5.97 Å². The molecule has 0 saturated carbocycles. The molecule has 1 aliphatic heterocycles. The van der Waals surface area contributed by atoms with Gasteiger partial charge in [0.25, 0.3) is 5.91 Å². The number of hydrogen-bond acceptors (Lipinski definition) is 4. The van der Waals surface area contributed by atoms with Crippen molar-refractivity contribution in [2.24, 2.45) is 0 Å². The molecule has 3 rings (SSSR count). The number of carbonyl (C=O) groups is 2. The molecule has 1 N–H and O–H groups in total. The molecule has 1 amide bonds. The number of amides is 1. The summed E-state index contributed by atoms with van der Waals surface area (Å²) in [6, 6.07) is 17.4. The third-order valence-corrected chi connectivity index (χ3v) is 4.33. The van der Waals surface area contributed by atoms with Crippen LogP contribution in [0, 0.1) is 0 Å². The van der Waals surface area contributed by atoms with Gasteiger partial charge in [-0.2, -0.15) is 0 Å². The molecule has 1 saturated heterocycles. The highest BCUT2D eigenvalue weighted by Crippen LogP contribution is 2.37. The Morgan fingerprint density at radius 3 is 2.29 bits per heavy atom. The highest BCUT2D eigenvalue weighted by molar-refractivity contribution is 5.93. The smallest absolute Gasteiger partial charge is 0.328 e. The van der Waals surface area contributed by atoms with Crippen LogP contribution in [0.1, 0.15) is 17.2 Å². The molecular formula is C19H19NO4. The third kappa shape index (κ3) is 2.90. The first-order chi connectivity index (χ1) is 11.6. The lowest BCUT2D eigenvalue weighted by atomic mass is 9.87. The number of benzene rings is 2. The van der Waals surface area contributed by atoms with Crippen LogP contribution in [-0.2, 0) is 20.7 Å². The van der Waals surface area contributed by atoms with Gasteiger partial charge in [0.1, 0.15) is 6.04 Å². The van der Waals surface area contributed by atoms with Gasteiger partial charge in [-0.25, -0.2) is 4.79 Å². The summed E-state index contributed by atoms with van der Waals surface area (Å²) in [6.45, 7) is 0. The zero-order valence-electron chi connectivity index (χ0n) is 13.3. The molecule has 1 aliphatic rings. The van der Waals surface area contributed by atoms with Gasteiger partial charge in [-0.15, -0.1) is 0 Å². The van der Waals surface area contributed by atoms with Gasteiger partial charge in [-0.1, -0.05) is 60.7 Å². The Balaban J connectivity index is 1.91. The molecule has 1 heterocycles. The van der Waals surface area contributed by atoms with Crippen LogP contribution in [0.3, 0.4) is 0 Å². The minimum absolute atomic E-state index is 0.343. The Bertz CT molecular complexity index is 709. The summed E-state index contributed by atoms with van der Waals surface area (Å²) in [4.78, 5) is 26.0. The lowest BCUT2D eigenvalue weighted by molar-refractivity contribution is -0.180. The van der Waals surface area contributed by atoms with Gasteiger partial charge in [0.05, 0.1) is 13.2 Å². The van der Waals surface area contributed by atoms with E-state index >= 15 is 0 Å². The number of β-lactam (4-membered cyclic amide) rings is 1. The number of rotatable bonds is 5. The first-order valence-electron chi connectivity index (χ1n) is 7.80. The van der Waals surface area contributed by atoms with Crippen molar-refractivity contribution in [1.82, 2.24) is 4.90 Å². The predicted octanol–water partition coefficient (Wildman–Crippen LogP) is 1.72. The topological polar surface area (TPSA) is 66.8 Å². The minimum atomic E-state index is -1.13. The quantitative estimate of drug-likeness (QED) is 0.671. The van der Waals surface area contributed by atoms with Crippen molar-refractivity contribution < 1.29 is 19.4 Å². The normalized spacial score (nSPS) is 21.1. The van der Waals surface area contributed by atoms with E-state index in [0.29, 0.717) is 6.42 Å². The second-order valence-electron chi connectivity index (χ2n) is 5.77. The van der Waals surface area contributed by atoms with Crippen molar-refractivity contribution in [3.63, 3.8) is 0 Å². The van der Waals surface area contributed by atoms with E-state index < -0.39 is 30.1 Å². The Morgan fingerprint density at radius 2 is 1.71 bits per heavy atom. The molecule has 2 aromatic rings. The first-order valence-corrected chi connectivity index (χ1v) is 7.80. The molecule has 3 unspecified atom stereocenters. The molecule has 5 nitrogen and oxygen atoms in total. The standard InChI is InChI=1S/C19H19NO4/c1-24-19(23)15(12-13-8-4-2-5-9-13)20-16(17(21)18(20)22)14-10-6-3-7-11-14/h2-11,15-17,21H,12H2,1H3. The van der Waals surface area contributed by atoms with E-state index in [1.54, 1.807) is 0 Å². The van der Waals surface area contributed by atoms with Crippen molar-refractivity contribution in [2.75, 3.05) is 7.11 Å². The predicted molar refractivity (Wildman–Crippen MR) is 88.0 cm³/mol. The Morgan fingerprint density at radius 1 is 1.12 bits per heavy atom. The fourth-order valence-corrected chi connectivity index (χ4v) is 3.10. The molecule has 24 heavy (non-hydrogen) atoms. The Labute approximate surface area is 140 Å². The number of hydrogen-bond donors (Lipinski definition) is 1. The highest BCUT2D eigenvalue weighted by Gasteiger charge is 2.52. The molecule has 0 aromatic heterocycles. The van der Waals surface area contributed by atoms with Crippen LogP contribution in [0.2, 0.25) is 0 Å². The summed E-state index contributed by atoms with van der Waals surface area (Å²) in [5.74, 6) is -0.935. The van der Waals surface area contributed by atoms with Gasteiger partial charge < -0.3 is 14.7 Å². The zero-order chi connectivity index (χ0) is 17.1. The van der Waals surface area contributed by atoms with E-state index in [1.165, 1.54) is 12.0 Å². The van der Waals surface area contributed by atoms with E-state index in [0.717, 1.165) is 11.1 Å². The van der Waals surface area contributed by atoms with Crippen LogP contribution < -0.4 is 0 Å². The molecule has 0 radical (unpaired) electrons. The maximum absolute atomic E-state index is 12.3. The highest BCUT2D eigenvalue weighted by atomic mass is 16.5. The molecule has 0 aliphatic carbocycles. The number of ether oxygens (including phenoxy) is 1. The van der Waals surface area contributed by atoms with Crippen molar-refractivity contribution in [3.05, 3.63) is 71.8 Å². The number of esters is 1. The average Bonchev–Trinajstić information content (AvgIpc) is 2.64. The van der Waals surface area contributed by atoms with Crippen LogP contribution in [0.4, 0.5) is 0 Å². The van der Waals surface area contributed by atoms with Crippen molar-refractivity contribution in [3.8, 4) is 0 Å². The molecule has 0 bridgehead atoms. The number of methoxy groups -OCH3 is 1. The maximum Gasteiger partial charge on any atom is 0.328 e. The number of aliphatic hydroxyl groups excluding tert-OH is 1. The van der Waals surface area contributed by atoms with Gasteiger partial charge in [0.15, 0.2) is 6.10 Å². The van der Waals surface area contributed by atoms with E-state index in [4.69, 9.17) is 4.74 Å².